The van der Waals surface area contributed by atoms with Gasteiger partial charge in [-0.2, -0.15) is 5.10 Å². The van der Waals surface area contributed by atoms with Crippen LogP contribution in [0.4, 0.5) is 11.4 Å². The van der Waals surface area contributed by atoms with Gasteiger partial charge in [0, 0.05) is 18.5 Å². The number of anilines is 2. The average molecular weight is 358 g/mol. The Labute approximate surface area is 151 Å². The van der Waals surface area contributed by atoms with Crippen LogP contribution in [0.2, 0.25) is 0 Å². The number of nitrogens with one attached hydrogen (secondary N) is 1. The van der Waals surface area contributed by atoms with Crippen molar-refractivity contribution < 1.29 is 9.59 Å². The summed E-state index contributed by atoms with van der Waals surface area (Å²) >= 11 is 1.29. The summed E-state index contributed by atoms with van der Waals surface area (Å²) in [4.78, 5) is 28.4. The van der Waals surface area contributed by atoms with Gasteiger partial charge in [-0.1, -0.05) is 23.9 Å². The van der Waals surface area contributed by atoms with Gasteiger partial charge in [-0.15, -0.1) is 0 Å². The van der Waals surface area contributed by atoms with E-state index in [4.69, 9.17) is 0 Å². The molecule has 2 amide bonds. The van der Waals surface area contributed by atoms with Gasteiger partial charge in [-0.3, -0.25) is 14.3 Å². The minimum atomic E-state index is -1.23. The fraction of sp³-hybridized carbons (Fsp3) is 0.389. The molecule has 132 valence electrons. The number of thioether (sulfide) groups is 1. The van der Waals surface area contributed by atoms with Crippen LogP contribution < -0.4 is 10.2 Å². The predicted octanol–water partition coefficient (Wildman–Crippen LogP) is 2.99. The Morgan fingerprint density at radius 3 is 2.64 bits per heavy atom. The summed E-state index contributed by atoms with van der Waals surface area (Å²) in [5.41, 5.74) is 3.15. The third kappa shape index (κ3) is 2.72. The van der Waals surface area contributed by atoms with Gasteiger partial charge in [-0.25, -0.2) is 0 Å². The largest absolute Gasteiger partial charge is 0.321 e. The summed E-state index contributed by atoms with van der Waals surface area (Å²) < 4.78 is 0.612. The zero-order valence-electron chi connectivity index (χ0n) is 15.1. The lowest BCUT2D eigenvalue weighted by molar-refractivity contribution is -0.128. The molecule has 1 aliphatic heterocycles. The highest BCUT2D eigenvalue weighted by Crippen LogP contribution is 2.45. The van der Waals surface area contributed by atoms with Crippen molar-refractivity contribution in [2.45, 2.75) is 43.9 Å². The summed E-state index contributed by atoms with van der Waals surface area (Å²) in [6, 6.07) is 7.61. The molecule has 0 saturated heterocycles. The quantitative estimate of drug-likeness (QED) is 0.857. The van der Waals surface area contributed by atoms with Crippen molar-refractivity contribution in [1.29, 1.82) is 0 Å². The number of nitrogens with zero attached hydrogens (tertiary/aromatic N) is 3. The van der Waals surface area contributed by atoms with Gasteiger partial charge >= 0.3 is 0 Å². The lowest BCUT2D eigenvalue weighted by atomic mass is 10.1. The molecule has 0 spiro atoms. The first-order valence-corrected chi connectivity index (χ1v) is 9.03. The number of carbonyl (C=O) groups excluding carboxylic acids is 2. The van der Waals surface area contributed by atoms with Gasteiger partial charge < -0.3 is 10.2 Å². The Morgan fingerprint density at radius 2 is 2.00 bits per heavy atom. The van der Waals surface area contributed by atoms with Crippen molar-refractivity contribution in [3.63, 3.8) is 0 Å². The van der Waals surface area contributed by atoms with Gasteiger partial charge in [0.15, 0.2) is 4.75 Å². The van der Waals surface area contributed by atoms with E-state index in [-0.39, 0.29) is 11.8 Å². The number of hydrogen-bond acceptors (Lipinski definition) is 4. The number of amides is 2. The fourth-order valence-electron chi connectivity index (χ4n) is 3.08. The standard InChI is InChI=1S/C18H22N4O2S/c1-6-22-12(3)15(11(2)20-22)19-16(23)18(4)17(24)21(5)13-9-7-8-10-14(13)25-18/h7-10H,6H2,1-5H3,(H,19,23). The maximum absolute atomic E-state index is 13.0. The molecule has 6 nitrogen and oxygen atoms in total. The van der Waals surface area contributed by atoms with E-state index in [1.165, 1.54) is 11.8 Å². The molecule has 0 bridgehead atoms. The molecule has 25 heavy (non-hydrogen) atoms. The zero-order chi connectivity index (χ0) is 18.4. The monoisotopic (exact) mass is 358 g/mol. The molecule has 1 atom stereocenters. The van der Waals surface area contributed by atoms with E-state index in [2.05, 4.69) is 10.4 Å². The van der Waals surface area contributed by atoms with Crippen molar-refractivity contribution in [3.8, 4) is 0 Å². The van der Waals surface area contributed by atoms with Crippen molar-refractivity contribution in [2.24, 2.45) is 0 Å². The second kappa shape index (κ2) is 6.22. The molecular formula is C18H22N4O2S. The molecule has 0 aliphatic carbocycles. The summed E-state index contributed by atoms with van der Waals surface area (Å²) in [5, 5.41) is 7.35. The molecule has 1 aromatic carbocycles. The summed E-state index contributed by atoms with van der Waals surface area (Å²) in [7, 11) is 1.71. The maximum Gasteiger partial charge on any atom is 0.252 e. The second-order valence-electron chi connectivity index (χ2n) is 6.28. The van der Waals surface area contributed by atoms with E-state index in [9.17, 15) is 9.59 Å². The summed E-state index contributed by atoms with van der Waals surface area (Å²) in [6.45, 7) is 8.17. The van der Waals surface area contributed by atoms with Crippen LogP contribution in [-0.4, -0.2) is 33.4 Å². The molecule has 0 radical (unpaired) electrons. The van der Waals surface area contributed by atoms with Crippen LogP contribution in [-0.2, 0) is 16.1 Å². The number of rotatable bonds is 3. The summed E-state index contributed by atoms with van der Waals surface area (Å²) in [5.74, 6) is -0.558. The molecule has 2 aromatic rings. The Balaban J connectivity index is 1.94. The number of aryl methyl sites for hydroxylation is 2. The van der Waals surface area contributed by atoms with Gasteiger partial charge in [0.1, 0.15) is 0 Å². The third-order valence-corrected chi connectivity index (χ3v) is 5.94. The molecule has 1 N–H and O–H groups in total. The maximum atomic E-state index is 13.0. The van der Waals surface area contributed by atoms with Crippen LogP contribution in [0.1, 0.15) is 25.2 Å². The zero-order valence-corrected chi connectivity index (χ0v) is 15.9. The van der Waals surface area contributed by atoms with Crippen LogP contribution in [0.3, 0.4) is 0 Å². The minimum Gasteiger partial charge on any atom is -0.321 e. The van der Waals surface area contributed by atoms with Crippen molar-refractivity contribution in [1.82, 2.24) is 9.78 Å². The van der Waals surface area contributed by atoms with Gasteiger partial charge in [0.25, 0.3) is 5.91 Å². The molecule has 2 heterocycles. The number of benzene rings is 1. The number of para-hydroxylation sites is 1. The highest BCUT2D eigenvalue weighted by Gasteiger charge is 2.48. The molecule has 1 aliphatic rings. The van der Waals surface area contributed by atoms with Crippen molar-refractivity contribution in [3.05, 3.63) is 35.7 Å². The molecule has 7 heteroatoms. The van der Waals surface area contributed by atoms with Crippen LogP contribution >= 0.6 is 11.8 Å². The molecular weight excluding hydrogens is 336 g/mol. The van der Waals surface area contributed by atoms with E-state index in [1.807, 2.05) is 49.7 Å². The summed E-state index contributed by atoms with van der Waals surface area (Å²) in [6.07, 6.45) is 0. The first-order chi connectivity index (χ1) is 11.8. The first kappa shape index (κ1) is 17.5. The number of carbonyl (C=O) groups is 2. The predicted molar refractivity (Wildman–Crippen MR) is 100 cm³/mol. The van der Waals surface area contributed by atoms with Crippen LogP contribution in [0.25, 0.3) is 0 Å². The second-order valence-corrected chi connectivity index (χ2v) is 7.74. The number of aromatic nitrogens is 2. The number of hydrogen-bond donors (Lipinski definition) is 1. The van der Waals surface area contributed by atoms with E-state index >= 15 is 0 Å². The van der Waals surface area contributed by atoms with Gasteiger partial charge in [0.05, 0.1) is 22.8 Å². The Kier molecular flexibility index (Phi) is 4.36. The normalized spacial score (nSPS) is 19.7. The third-order valence-electron chi connectivity index (χ3n) is 4.61. The SMILES string of the molecule is CCn1nc(C)c(NC(=O)C2(C)Sc3ccccc3N(C)C2=O)c1C. The van der Waals surface area contributed by atoms with E-state index in [0.717, 1.165) is 28.5 Å². The fourth-order valence-corrected chi connectivity index (χ4v) is 4.34. The number of fused-ring (bicyclic) bond motifs is 1. The molecule has 0 saturated carbocycles. The highest BCUT2D eigenvalue weighted by atomic mass is 32.2. The highest BCUT2D eigenvalue weighted by molar-refractivity contribution is 8.02. The van der Waals surface area contributed by atoms with E-state index in [1.54, 1.807) is 18.9 Å². The van der Waals surface area contributed by atoms with Gasteiger partial charge in [-0.05, 0) is 39.8 Å². The van der Waals surface area contributed by atoms with Crippen molar-refractivity contribution >= 4 is 35.0 Å². The minimum absolute atomic E-state index is 0.230. The Morgan fingerprint density at radius 1 is 1.32 bits per heavy atom. The first-order valence-electron chi connectivity index (χ1n) is 8.21. The van der Waals surface area contributed by atoms with Crippen molar-refractivity contribution in [2.75, 3.05) is 17.3 Å². The smallest absolute Gasteiger partial charge is 0.252 e. The molecule has 1 unspecified atom stereocenters. The van der Waals surface area contributed by atoms with Gasteiger partial charge in [0.2, 0.25) is 5.91 Å². The molecule has 3 rings (SSSR count). The lowest BCUT2D eigenvalue weighted by Crippen LogP contribution is -2.53. The molecule has 1 aromatic heterocycles. The van der Waals surface area contributed by atoms with Crippen LogP contribution in [0.15, 0.2) is 29.2 Å². The van der Waals surface area contributed by atoms with E-state index < -0.39 is 4.75 Å². The average Bonchev–Trinajstić information content (AvgIpc) is 2.87. The lowest BCUT2D eigenvalue weighted by Gasteiger charge is -2.36. The van der Waals surface area contributed by atoms with E-state index in [0.29, 0.717) is 5.69 Å². The Hall–Kier alpha value is -2.28. The Bertz CT molecular complexity index is 861. The molecule has 0 fully saturated rings. The topological polar surface area (TPSA) is 67.2 Å². The van der Waals surface area contributed by atoms with Crippen LogP contribution in [0, 0.1) is 13.8 Å². The van der Waals surface area contributed by atoms with Crippen LogP contribution in [0.5, 0.6) is 0 Å².